The summed E-state index contributed by atoms with van der Waals surface area (Å²) in [4.78, 5) is 2.38. The van der Waals surface area contributed by atoms with Gasteiger partial charge < -0.3 is 16.2 Å². The highest BCUT2D eigenvalue weighted by Gasteiger charge is 2.28. The zero-order chi connectivity index (χ0) is 40.1. The first-order chi connectivity index (χ1) is 24.9. The lowest BCUT2D eigenvalue weighted by atomic mass is 10.1. The standard InChI is InChI=1S/C26H18ClF2N9O12S4/c27-19-24(28)33-26(29)34-25(19)32-12-3-6-15(52(42,43)44)14(9-12)36-38-22-17(54(48,49)50)8-10-7-16(53(45,46)47)21(20(30)18(10)23(22)39)37-35-11-1-4-13(5-2-11)51(31,40)41/h1-9,39H,30H2,(H2,31,40,41)(H,32,33,34)(H,42,43,44)(H,45,46,47)(H,48,49,50). The number of azo groups is 2. The second-order valence-corrected chi connectivity index (χ2v) is 16.5. The Kier molecular flexibility index (Phi) is 10.4. The second kappa shape index (κ2) is 14.1. The van der Waals surface area contributed by atoms with E-state index in [4.69, 9.17) is 22.5 Å². The number of primary sulfonamides is 1. The number of nitrogens with zero attached hydrogens (tertiary/aromatic N) is 6. The Bertz CT molecular complexity index is 2920. The number of hydrogen-bond acceptors (Lipinski definition) is 17. The minimum Gasteiger partial charge on any atom is -0.505 e. The van der Waals surface area contributed by atoms with Crippen LogP contribution in [0.25, 0.3) is 10.8 Å². The van der Waals surface area contributed by atoms with Crippen LogP contribution in [0.2, 0.25) is 5.02 Å². The number of phenols is 1. The topological polar surface area (TPSA) is 357 Å². The Hall–Kier alpha value is -5.39. The zero-order valence-electron chi connectivity index (χ0n) is 25.9. The van der Waals surface area contributed by atoms with E-state index in [0.29, 0.717) is 18.2 Å². The molecular formula is C26H18ClF2N9O12S4. The lowest BCUT2D eigenvalue weighted by molar-refractivity contribution is 0.472. The maximum Gasteiger partial charge on any atom is 0.313 e. The molecular weight excluding hydrogens is 832 g/mol. The number of benzene rings is 4. The minimum atomic E-state index is -5.42. The Morgan fingerprint density at radius 2 is 1.28 bits per heavy atom. The predicted molar refractivity (Wildman–Crippen MR) is 182 cm³/mol. The lowest BCUT2D eigenvalue weighted by Gasteiger charge is -2.14. The molecule has 0 saturated carbocycles. The third kappa shape index (κ3) is 8.37. The summed E-state index contributed by atoms with van der Waals surface area (Å²) in [6, 6.07) is 7.84. The van der Waals surface area contributed by atoms with Gasteiger partial charge in [0.15, 0.2) is 11.6 Å². The molecule has 21 nitrogen and oxygen atoms in total. The van der Waals surface area contributed by atoms with E-state index >= 15 is 0 Å². The molecule has 0 bridgehead atoms. The average molecular weight is 850 g/mol. The quantitative estimate of drug-likeness (QED) is 0.0326. The van der Waals surface area contributed by atoms with Crippen LogP contribution in [0.15, 0.2) is 94.6 Å². The van der Waals surface area contributed by atoms with Gasteiger partial charge in [-0.05, 0) is 60.0 Å². The number of aromatic nitrogens is 2. The van der Waals surface area contributed by atoms with Gasteiger partial charge in [-0.3, -0.25) is 13.7 Å². The number of phenolic OH excluding ortho intramolecular Hbond substituents is 1. The summed E-state index contributed by atoms with van der Waals surface area (Å²) in [6.45, 7) is 0. The molecule has 0 unspecified atom stereocenters. The molecule has 4 aromatic carbocycles. The van der Waals surface area contributed by atoms with E-state index in [2.05, 4.69) is 35.7 Å². The van der Waals surface area contributed by atoms with Crippen molar-refractivity contribution in [3.05, 3.63) is 71.6 Å². The fourth-order valence-corrected chi connectivity index (χ4v) is 7.10. The number of anilines is 3. The van der Waals surface area contributed by atoms with Crippen molar-refractivity contribution in [1.29, 1.82) is 0 Å². The van der Waals surface area contributed by atoms with Crippen LogP contribution in [0.3, 0.4) is 0 Å². The van der Waals surface area contributed by atoms with Crippen molar-refractivity contribution >= 4 is 103 Å². The van der Waals surface area contributed by atoms with Gasteiger partial charge in [0.05, 0.1) is 21.7 Å². The van der Waals surface area contributed by atoms with Gasteiger partial charge in [-0.15, -0.1) is 15.3 Å². The fraction of sp³-hybridized carbons (Fsp3) is 0. The molecule has 0 amide bonds. The molecule has 1 aromatic heterocycles. The molecule has 5 aromatic rings. The number of hydrogen-bond donors (Lipinski definition) is 7. The lowest BCUT2D eigenvalue weighted by Crippen LogP contribution is -2.11. The van der Waals surface area contributed by atoms with Crippen molar-refractivity contribution in [3.8, 4) is 5.75 Å². The van der Waals surface area contributed by atoms with Crippen LogP contribution in [0.1, 0.15) is 0 Å². The zero-order valence-corrected chi connectivity index (χ0v) is 29.9. The molecule has 9 N–H and O–H groups in total. The maximum absolute atomic E-state index is 13.9. The van der Waals surface area contributed by atoms with Gasteiger partial charge in [0, 0.05) is 5.69 Å². The minimum absolute atomic E-state index is 0.104. The first-order valence-electron chi connectivity index (χ1n) is 13.7. The van der Waals surface area contributed by atoms with Crippen LogP contribution in [-0.4, -0.2) is 62.4 Å². The van der Waals surface area contributed by atoms with Crippen LogP contribution in [0, 0.1) is 12.0 Å². The maximum atomic E-state index is 13.9. The largest absolute Gasteiger partial charge is 0.505 e. The number of rotatable bonds is 10. The molecule has 0 fully saturated rings. The highest BCUT2D eigenvalue weighted by molar-refractivity contribution is 7.89. The molecule has 5 rings (SSSR count). The van der Waals surface area contributed by atoms with Crippen LogP contribution < -0.4 is 16.2 Å². The van der Waals surface area contributed by atoms with Crippen molar-refractivity contribution in [1.82, 2.24) is 9.97 Å². The fourth-order valence-electron chi connectivity index (χ4n) is 4.52. The summed E-state index contributed by atoms with van der Waals surface area (Å²) in [5.74, 6) is -3.38. The molecule has 54 heavy (non-hydrogen) atoms. The van der Waals surface area contributed by atoms with Crippen molar-refractivity contribution < 1.29 is 61.2 Å². The normalized spacial score (nSPS) is 12.9. The van der Waals surface area contributed by atoms with Gasteiger partial charge in [-0.25, -0.2) is 13.6 Å². The molecule has 0 spiro atoms. The predicted octanol–water partition coefficient (Wildman–Crippen LogP) is 4.81. The van der Waals surface area contributed by atoms with Crippen molar-refractivity contribution in [3.63, 3.8) is 0 Å². The molecule has 0 atom stereocenters. The molecule has 284 valence electrons. The van der Waals surface area contributed by atoms with E-state index in [-0.39, 0.29) is 16.3 Å². The number of nitrogen functional groups attached to an aromatic ring is 1. The van der Waals surface area contributed by atoms with Gasteiger partial charge in [0.25, 0.3) is 30.4 Å². The summed E-state index contributed by atoms with van der Waals surface area (Å²) in [7, 11) is -19.9. The van der Waals surface area contributed by atoms with Crippen molar-refractivity contribution in [2.45, 2.75) is 19.6 Å². The molecule has 0 aliphatic carbocycles. The Morgan fingerprint density at radius 3 is 1.83 bits per heavy atom. The Morgan fingerprint density at radius 1 is 0.722 bits per heavy atom. The highest BCUT2D eigenvalue weighted by atomic mass is 35.5. The van der Waals surface area contributed by atoms with Gasteiger partial charge in [-0.1, -0.05) is 11.6 Å². The summed E-state index contributed by atoms with van der Waals surface area (Å²) < 4.78 is 154. The Balaban J connectivity index is 1.72. The SMILES string of the molecule is Nc1c(N=Nc2ccc(S(N)(=O)=O)cc2)c(S(=O)(=O)O)cc2cc(S(=O)(=O)O)c(N=Nc3cc(Nc4nc(F)nc(F)c4Cl)ccc3S(=O)(=O)O)c(O)c12. The third-order valence-electron chi connectivity index (χ3n) is 6.84. The summed E-state index contributed by atoms with van der Waals surface area (Å²) >= 11 is 5.75. The molecule has 28 heteroatoms. The Labute approximate surface area is 306 Å². The molecule has 0 saturated heterocycles. The number of fused-ring (bicyclic) bond motifs is 1. The van der Waals surface area contributed by atoms with Gasteiger partial charge in [-0.2, -0.15) is 49.1 Å². The van der Waals surface area contributed by atoms with E-state index in [1.165, 1.54) is 0 Å². The first kappa shape index (κ1) is 39.8. The van der Waals surface area contributed by atoms with Gasteiger partial charge in [0.2, 0.25) is 16.0 Å². The van der Waals surface area contributed by atoms with Gasteiger partial charge in [0.1, 0.15) is 36.8 Å². The number of nitrogens with one attached hydrogen (secondary N) is 1. The molecule has 1 heterocycles. The number of nitrogens with two attached hydrogens (primary N) is 2. The summed E-state index contributed by atoms with van der Waals surface area (Å²) in [5.41, 5.74) is 2.15. The van der Waals surface area contributed by atoms with Crippen LogP contribution in [-0.2, 0) is 40.4 Å². The number of halogens is 3. The molecule has 0 aliphatic rings. The number of sulfonamides is 1. The van der Waals surface area contributed by atoms with Crippen molar-refractivity contribution in [2.75, 3.05) is 11.1 Å². The second-order valence-electron chi connectivity index (χ2n) is 10.4. The number of aromatic hydroxyl groups is 1. The first-order valence-corrected chi connectivity index (χ1v) is 19.9. The molecule has 0 radical (unpaired) electrons. The van der Waals surface area contributed by atoms with E-state index in [1.54, 1.807) is 0 Å². The van der Waals surface area contributed by atoms with Crippen molar-refractivity contribution in [2.24, 2.45) is 25.6 Å². The van der Waals surface area contributed by atoms with Crippen LogP contribution in [0.4, 0.5) is 48.7 Å². The van der Waals surface area contributed by atoms with E-state index in [1.807, 2.05) is 0 Å². The average Bonchev–Trinajstić information content (AvgIpc) is 3.04. The van der Waals surface area contributed by atoms with Gasteiger partial charge >= 0.3 is 6.08 Å². The van der Waals surface area contributed by atoms with E-state index in [9.17, 15) is 61.2 Å². The van der Waals surface area contributed by atoms with Crippen LogP contribution >= 0.6 is 11.6 Å². The highest BCUT2D eigenvalue weighted by Crippen LogP contribution is 2.48. The summed E-state index contributed by atoms with van der Waals surface area (Å²) in [6.07, 6.45) is -1.55. The molecule has 0 aliphatic heterocycles. The smallest absolute Gasteiger partial charge is 0.313 e. The third-order valence-corrected chi connectivity index (χ3v) is 10.7. The van der Waals surface area contributed by atoms with Crippen LogP contribution in [0.5, 0.6) is 5.75 Å². The van der Waals surface area contributed by atoms with E-state index in [0.717, 1.165) is 36.4 Å². The summed E-state index contributed by atoms with van der Waals surface area (Å²) in [5, 5.41) is 31.3. The monoisotopic (exact) mass is 849 g/mol. The van der Waals surface area contributed by atoms with E-state index < -0.39 is 117 Å².